The van der Waals surface area contributed by atoms with Crippen LogP contribution in [0.1, 0.15) is 5.69 Å². The number of nitrogens with zero attached hydrogens (tertiary/aromatic N) is 5. The van der Waals surface area contributed by atoms with E-state index in [9.17, 15) is 14.4 Å². The van der Waals surface area contributed by atoms with E-state index in [1.807, 2.05) is 53.4 Å². The summed E-state index contributed by atoms with van der Waals surface area (Å²) >= 11 is 0. The molecule has 0 atom stereocenters. The quantitative estimate of drug-likeness (QED) is 0.402. The number of benzene rings is 1. The SMILES string of the molecule is COc1ccc2c(c1)c(-c1cc3c(nc(C)c4cncn43)n1COP(=O)(O)O)cn2C. The number of phosphoric ester groups is 1. The summed E-state index contributed by atoms with van der Waals surface area (Å²) in [6.07, 6.45) is 5.38. The van der Waals surface area contributed by atoms with Gasteiger partial charge in [0.1, 0.15) is 12.5 Å². The topological polar surface area (TPSA) is 116 Å². The molecule has 0 spiro atoms. The smallest absolute Gasteiger partial charge is 0.471 e. The van der Waals surface area contributed by atoms with Crippen molar-refractivity contribution >= 4 is 35.4 Å². The molecule has 0 saturated heterocycles. The maximum absolute atomic E-state index is 11.5. The van der Waals surface area contributed by atoms with Crippen molar-refractivity contribution in [1.29, 1.82) is 0 Å². The Kier molecular flexibility index (Phi) is 4.42. The number of phosphoric acid groups is 1. The fraction of sp³-hybridized carbons (Fsp3) is 0.200. The zero-order valence-electron chi connectivity index (χ0n) is 17.1. The largest absolute Gasteiger partial charge is 0.497 e. The molecule has 160 valence electrons. The molecule has 0 saturated carbocycles. The third-order valence-corrected chi connectivity index (χ3v) is 5.87. The van der Waals surface area contributed by atoms with E-state index < -0.39 is 7.82 Å². The minimum Gasteiger partial charge on any atom is -0.497 e. The summed E-state index contributed by atoms with van der Waals surface area (Å²) in [6, 6.07) is 7.71. The number of fused-ring (bicyclic) bond motifs is 4. The first kappa shape index (κ1) is 19.8. The van der Waals surface area contributed by atoms with Gasteiger partial charge in [-0.05, 0) is 31.2 Å². The van der Waals surface area contributed by atoms with Crippen molar-refractivity contribution < 1.29 is 23.6 Å². The number of methoxy groups -OCH3 is 1. The van der Waals surface area contributed by atoms with Gasteiger partial charge in [0.15, 0.2) is 5.65 Å². The first-order chi connectivity index (χ1) is 14.8. The fourth-order valence-electron chi connectivity index (χ4n) is 3.98. The Bertz CT molecular complexity index is 1510. The number of ether oxygens (including phenoxy) is 1. The molecule has 0 fully saturated rings. The maximum atomic E-state index is 11.5. The van der Waals surface area contributed by atoms with E-state index >= 15 is 0 Å². The van der Waals surface area contributed by atoms with Crippen LogP contribution >= 0.6 is 7.82 Å². The lowest BCUT2D eigenvalue weighted by Gasteiger charge is -2.12. The van der Waals surface area contributed by atoms with Gasteiger partial charge < -0.3 is 19.1 Å². The second kappa shape index (κ2) is 6.93. The number of hydrogen-bond donors (Lipinski definition) is 2. The maximum Gasteiger partial charge on any atom is 0.471 e. The summed E-state index contributed by atoms with van der Waals surface area (Å²) in [7, 11) is -1.15. The molecule has 0 bridgehead atoms. The average molecular weight is 441 g/mol. The Balaban J connectivity index is 1.84. The van der Waals surface area contributed by atoms with Crippen LogP contribution in [0, 0.1) is 6.92 Å². The normalized spacial score (nSPS) is 12.4. The molecular formula is C20H20N5O5P. The number of imidazole rings is 1. The Morgan fingerprint density at radius 1 is 1.16 bits per heavy atom. The second-order valence-corrected chi connectivity index (χ2v) is 8.54. The van der Waals surface area contributed by atoms with E-state index in [0.29, 0.717) is 17.1 Å². The summed E-state index contributed by atoms with van der Waals surface area (Å²) in [4.78, 5) is 27.5. The molecule has 0 radical (unpaired) electrons. The Hall–Kier alpha value is -3.17. The third-order valence-electron chi connectivity index (χ3n) is 5.42. The highest BCUT2D eigenvalue weighted by atomic mass is 31.2. The highest BCUT2D eigenvalue weighted by molar-refractivity contribution is 7.46. The molecular weight excluding hydrogens is 421 g/mol. The molecule has 0 aliphatic rings. The minimum absolute atomic E-state index is 0.365. The van der Waals surface area contributed by atoms with Crippen LogP contribution in [0.25, 0.3) is 38.8 Å². The van der Waals surface area contributed by atoms with Crippen LogP contribution in [-0.2, 0) is 22.9 Å². The standard InChI is InChI=1S/C20H20N5O5P/c1-12-19-8-21-10-24(19)18-7-17(25(20(18)22-12)11-30-31(26,27)28)15-9-23(2)16-5-4-13(29-3)6-14(15)16/h4-10H,11H2,1-3H3,(H2,26,27,28). The molecule has 4 heterocycles. The van der Waals surface area contributed by atoms with E-state index in [1.165, 1.54) is 0 Å². The molecule has 1 aromatic carbocycles. The van der Waals surface area contributed by atoms with Gasteiger partial charge in [-0.15, -0.1) is 0 Å². The van der Waals surface area contributed by atoms with Crippen molar-refractivity contribution in [2.45, 2.75) is 13.7 Å². The summed E-state index contributed by atoms with van der Waals surface area (Å²) in [6.45, 7) is 1.50. The number of aryl methyl sites for hydroxylation is 2. The Morgan fingerprint density at radius 3 is 2.71 bits per heavy atom. The summed E-state index contributed by atoms with van der Waals surface area (Å²) < 4.78 is 27.3. The fourth-order valence-corrected chi connectivity index (χ4v) is 4.25. The van der Waals surface area contributed by atoms with E-state index in [1.54, 1.807) is 24.2 Å². The predicted octanol–water partition coefficient (Wildman–Crippen LogP) is 3.23. The molecule has 0 aliphatic carbocycles. The van der Waals surface area contributed by atoms with E-state index in [0.717, 1.165) is 33.2 Å². The summed E-state index contributed by atoms with van der Waals surface area (Å²) in [5, 5.41) is 0.931. The Morgan fingerprint density at radius 2 is 1.97 bits per heavy atom. The molecule has 31 heavy (non-hydrogen) atoms. The van der Waals surface area contributed by atoms with Gasteiger partial charge in [0.05, 0.1) is 42.1 Å². The third kappa shape index (κ3) is 3.21. The molecule has 5 rings (SSSR count). The molecule has 0 aliphatic heterocycles. The lowest BCUT2D eigenvalue weighted by atomic mass is 10.1. The van der Waals surface area contributed by atoms with Crippen LogP contribution < -0.4 is 4.74 Å². The predicted molar refractivity (Wildman–Crippen MR) is 115 cm³/mol. The van der Waals surface area contributed by atoms with Gasteiger partial charge >= 0.3 is 7.82 Å². The van der Waals surface area contributed by atoms with Crippen LogP contribution in [0.2, 0.25) is 0 Å². The van der Waals surface area contributed by atoms with Gasteiger partial charge in [0.25, 0.3) is 0 Å². The van der Waals surface area contributed by atoms with Gasteiger partial charge in [-0.2, -0.15) is 0 Å². The highest BCUT2D eigenvalue weighted by Gasteiger charge is 2.22. The molecule has 5 aromatic rings. The van der Waals surface area contributed by atoms with E-state index in [4.69, 9.17) is 9.26 Å². The first-order valence-electron chi connectivity index (χ1n) is 9.42. The number of aromatic nitrogens is 5. The lowest BCUT2D eigenvalue weighted by molar-refractivity contribution is 0.157. The van der Waals surface area contributed by atoms with Crippen LogP contribution in [0.4, 0.5) is 0 Å². The average Bonchev–Trinajstić information content (AvgIpc) is 3.41. The van der Waals surface area contributed by atoms with Crippen LogP contribution in [0.5, 0.6) is 5.75 Å². The monoisotopic (exact) mass is 441 g/mol. The van der Waals surface area contributed by atoms with Crippen molar-refractivity contribution in [3.63, 3.8) is 0 Å². The van der Waals surface area contributed by atoms with Crippen molar-refractivity contribution in [3.05, 3.63) is 48.7 Å². The van der Waals surface area contributed by atoms with Crippen molar-refractivity contribution in [2.24, 2.45) is 7.05 Å². The van der Waals surface area contributed by atoms with Crippen LogP contribution in [-0.4, -0.2) is 40.4 Å². The van der Waals surface area contributed by atoms with Gasteiger partial charge in [-0.3, -0.25) is 13.5 Å². The van der Waals surface area contributed by atoms with Gasteiger partial charge in [0.2, 0.25) is 0 Å². The molecule has 4 aromatic heterocycles. The van der Waals surface area contributed by atoms with Crippen LogP contribution in [0.3, 0.4) is 0 Å². The van der Waals surface area contributed by atoms with E-state index in [-0.39, 0.29) is 6.73 Å². The number of hydrogen-bond acceptors (Lipinski definition) is 5. The second-order valence-electron chi connectivity index (χ2n) is 7.30. The summed E-state index contributed by atoms with van der Waals surface area (Å²) in [5.41, 5.74) is 5.43. The molecule has 10 nitrogen and oxygen atoms in total. The molecule has 11 heteroatoms. The zero-order chi connectivity index (χ0) is 21.9. The minimum atomic E-state index is -4.69. The van der Waals surface area contributed by atoms with Gasteiger partial charge in [-0.25, -0.2) is 14.5 Å². The molecule has 0 amide bonds. The van der Waals surface area contributed by atoms with Crippen LogP contribution in [0.15, 0.2) is 43.0 Å². The summed E-state index contributed by atoms with van der Waals surface area (Å²) in [5.74, 6) is 0.708. The lowest BCUT2D eigenvalue weighted by Crippen LogP contribution is -2.05. The number of rotatable bonds is 5. The van der Waals surface area contributed by atoms with Crippen molar-refractivity contribution in [1.82, 2.24) is 23.5 Å². The Labute approximate surface area is 176 Å². The zero-order valence-corrected chi connectivity index (χ0v) is 17.9. The van der Waals surface area contributed by atoms with Gasteiger partial charge in [0, 0.05) is 29.7 Å². The van der Waals surface area contributed by atoms with Gasteiger partial charge in [-0.1, -0.05) is 0 Å². The van der Waals surface area contributed by atoms with E-state index in [2.05, 4.69) is 9.97 Å². The molecule has 2 N–H and O–H groups in total. The highest BCUT2D eigenvalue weighted by Crippen LogP contribution is 2.40. The van der Waals surface area contributed by atoms with Crippen molar-refractivity contribution in [3.8, 4) is 17.0 Å². The van der Waals surface area contributed by atoms with Crippen molar-refractivity contribution in [2.75, 3.05) is 7.11 Å². The molecule has 0 unspecified atom stereocenters. The first-order valence-corrected chi connectivity index (χ1v) is 11.0.